The van der Waals surface area contributed by atoms with Crippen LogP contribution in [0.2, 0.25) is 14.5 Å². The van der Waals surface area contributed by atoms with E-state index in [-0.39, 0.29) is 17.4 Å². The monoisotopic (exact) mass is 531 g/mol. The van der Waals surface area contributed by atoms with E-state index in [0.717, 1.165) is 10.4 Å². The molecule has 3 aromatic heterocycles. The Bertz CT molecular complexity index is 1590. The van der Waals surface area contributed by atoms with Gasteiger partial charge in [-0.2, -0.15) is 0 Å². The molecule has 5 rings (SSSR count). The highest BCUT2D eigenvalue weighted by molar-refractivity contribution is 7.15. The summed E-state index contributed by atoms with van der Waals surface area (Å²) in [5.74, 6) is 0.127. The summed E-state index contributed by atoms with van der Waals surface area (Å²) in [4.78, 5) is 19.1. The van der Waals surface area contributed by atoms with Gasteiger partial charge in [0.25, 0.3) is 0 Å². The van der Waals surface area contributed by atoms with Gasteiger partial charge < -0.3 is 5.11 Å². The molecular weight excluding hydrogens is 515 g/mol. The molecule has 5 aromatic rings. The highest BCUT2D eigenvalue weighted by atomic mass is 35.5. The van der Waals surface area contributed by atoms with Crippen molar-refractivity contribution in [2.75, 3.05) is 0 Å². The molecule has 10 heteroatoms. The van der Waals surface area contributed by atoms with Gasteiger partial charge in [0.05, 0.1) is 17.1 Å². The molecule has 1 atom stereocenters. The van der Waals surface area contributed by atoms with Crippen LogP contribution in [0.15, 0.2) is 65.7 Å². The smallest absolute Gasteiger partial charge is 0.369 e. The molecule has 0 radical (unpaired) electrons. The zero-order valence-electron chi connectivity index (χ0n) is 18.0. The van der Waals surface area contributed by atoms with Crippen LogP contribution in [0.3, 0.4) is 0 Å². The summed E-state index contributed by atoms with van der Waals surface area (Å²) in [5.41, 5.74) is 2.88. The van der Waals surface area contributed by atoms with Gasteiger partial charge in [0.1, 0.15) is 17.4 Å². The zero-order valence-corrected chi connectivity index (χ0v) is 21.1. The van der Waals surface area contributed by atoms with E-state index < -0.39 is 0 Å². The van der Waals surface area contributed by atoms with Gasteiger partial charge in [-0.05, 0) is 55.0 Å². The standard InChI is InChI=1S/C24H17Cl3N4O2S/c1-13(19-12-28-24(27)34-19)30-20-7-8-29(2)31(20)23(33)21(15-9-16(25)11-17(26)10-15)22(30)14-3-5-18(32)6-4-14/h3-13H,1-2H3/p+1. The highest BCUT2D eigenvalue weighted by Gasteiger charge is 2.32. The summed E-state index contributed by atoms with van der Waals surface area (Å²) in [6.45, 7) is 2.03. The second-order valence-electron chi connectivity index (χ2n) is 7.85. The van der Waals surface area contributed by atoms with Crippen molar-refractivity contribution in [3.05, 3.63) is 90.7 Å². The molecule has 0 bridgehead atoms. The largest absolute Gasteiger partial charge is 0.508 e. The van der Waals surface area contributed by atoms with Crippen LogP contribution in [0, 0.1) is 0 Å². The van der Waals surface area contributed by atoms with Crippen molar-refractivity contribution in [1.29, 1.82) is 0 Å². The van der Waals surface area contributed by atoms with Crippen LogP contribution in [0.25, 0.3) is 28.0 Å². The number of rotatable bonds is 4. The van der Waals surface area contributed by atoms with Gasteiger partial charge in [-0.1, -0.05) is 39.3 Å². The van der Waals surface area contributed by atoms with Gasteiger partial charge in [0.2, 0.25) is 0 Å². The van der Waals surface area contributed by atoms with Gasteiger partial charge in [-0.25, -0.2) is 19.0 Å². The summed E-state index contributed by atoms with van der Waals surface area (Å²) in [6, 6.07) is 13.5. The third-order valence-electron chi connectivity index (χ3n) is 5.69. The molecular formula is C24H18Cl3N4O2S+. The average Bonchev–Trinajstić information content (AvgIpc) is 3.39. The first-order valence-corrected chi connectivity index (χ1v) is 12.2. The van der Waals surface area contributed by atoms with E-state index in [0.29, 0.717) is 37.0 Å². The molecule has 0 aliphatic carbocycles. The van der Waals surface area contributed by atoms with Crippen molar-refractivity contribution < 1.29 is 9.67 Å². The minimum atomic E-state index is -0.227. The second kappa shape index (κ2) is 8.74. The Morgan fingerprint density at radius 2 is 1.71 bits per heavy atom. The van der Waals surface area contributed by atoms with Crippen LogP contribution in [0.4, 0.5) is 0 Å². The lowest BCUT2D eigenvalue weighted by Gasteiger charge is -2.18. The molecule has 0 saturated heterocycles. The van der Waals surface area contributed by atoms with Crippen molar-refractivity contribution in [1.82, 2.24) is 14.2 Å². The lowest BCUT2D eigenvalue weighted by Crippen LogP contribution is -2.46. The summed E-state index contributed by atoms with van der Waals surface area (Å²) >= 11 is 20.2. The first-order valence-electron chi connectivity index (χ1n) is 10.3. The van der Waals surface area contributed by atoms with Crippen molar-refractivity contribution in [2.24, 2.45) is 7.05 Å². The fraction of sp³-hybridized carbons (Fsp3) is 0.125. The van der Waals surface area contributed by atoms with Gasteiger partial charge in [-0.3, -0.25) is 0 Å². The van der Waals surface area contributed by atoms with Crippen molar-refractivity contribution in [2.45, 2.75) is 13.0 Å². The molecule has 0 aliphatic heterocycles. The van der Waals surface area contributed by atoms with Crippen molar-refractivity contribution >= 4 is 51.8 Å². The zero-order chi connectivity index (χ0) is 24.1. The molecule has 0 fully saturated rings. The number of aromatic hydroxyl groups is 1. The van der Waals surface area contributed by atoms with E-state index in [1.165, 1.54) is 11.3 Å². The van der Waals surface area contributed by atoms with Crippen molar-refractivity contribution in [3.8, 4) is 28.1 Å². The molecule has 0 saturated carbocycles. The third-order valence-corrected chi connectivity index (χ3v) is 7.41. The fourth-order valence-electron chi connectivity index (χ4n) is 4.18. The molecule has 34 heavy (non-hydrogen) atoms. The normalized spacial score (nSPS) is 12.4. The van der Waals surface area contributed by atoms with Gasteiger partial charge >= 0.3 is 11.2 Å². The first-order chi connectivity index (χ1) is 16.2. The molecule has 1 N–H and O–H groups in total. The molecule has 2 aromatic carbocycles. The lowest BCUT2D eigenvalue weighted by atomic mass is 9.99. The van der Waals surface area contributed by atoms with Gasteiger partial charge in [-0.15, -0.1) is 11.3 Å². The summed E-state index contributed by atoms with van der Waals surface area (Å²) in [5, 5.41) is 10.8. The SMILES string of the molecule is CC(c1cnc(Cl)s1)[n+]1c(-c2ccc(O)cc2)c(-c2cc(Cl)cc(Cl)c2)c(=O)n2c1ccn2C. The highest BCUT2D eigenvalue weighted by Crippen LogP contribution is 2.34. The van der Waals surface area contributed by atoms with Crippen LogP contribution in [0.5, 0.6) is 5.75 Å². The Hall–Kier alpha value is -2.84. The molecule has 6 nitrogen and oxygen atoms in total. The number of fused-ring (bicyclic) bond motifs is 1. The topological polar surface area (TPSA) is 63.4 Å². The average molecular weight is 533 g/mol. The Labute approximate surface area is 213 Å². The van der Waals surface area contributed by atoms with Crippen LogP contribution >= 0.6 is 46.1 Å². The number of phenolic OH excluding ortho intramolecular Hbond substituents is 1. The number of aromatic nitrogens is 4. The first kappa shape index (κ1) is 22.9. The Kier molecular flexibility index (Phi) is 5.90. The maximum atomic E-state index is 14.0. The molecule has 0 aliphatic rings. The van der Waals surface area contributed by atoms with Crippen LogP contribution in [-0.2, 0) is 7.05 Å². The van der Waals surface area contributed by atoms with E-state index in [1.54, 1.807) is 57.9 Å². The quantitative estimate of drug-likeness (QED) is 0.289. The lowest BCUT2D eigenvalue weighted by molar-refractivity contribution is -0.677. The Morgan fingerprint density at radius 1 is 1.03 bits per heavy atom. The molecule has 3 heterocycles. The van der Waals surface area contributed by atoms with Crippen LogP contribution < -0.4 is 10.1 Å². The number of benzene rings is 2. The maximum Gasteiger partial charge on any atom is 0.369 e. The molecule has 1 unspecified atom stereocenters. The summed E-state index contributed by atoms with van der Waals surface area (Å²) in [6.07, 6.45) is 3.57. The number of phenols is 1. The van der Waals surface area contributed by atoms with E-state index in [4.69, 9.17) is 34.8 Å². The Balaban J connectivity index is 1.98. The van der Waals surface area contributed by atoms with Crippen molar-refractivity contribution in [3.63, 3.8) is 0 Å². The second-order valence-corrected chi connectivity index (χ2v) is 10.4. The minimum Gasteiger partial charge on any atom is -0.508 e. The number of halogens is 3. The number of thiazole rings is 1. The fourth-order valence-corrected chi connectivity index (χ4v) is 5.71. The summed E-state index contributed by atoms with van der Waals surface area (Å²) < 4.78 is 5.85. The number of aryl methyl sites for hydroxylation is 1. The number of nitrogens with zero attached hydrogens (tertiary/aromatic N) is 4. The van der Waals surface area contributed by atoms with Crippen LogP contribution in [0.1, 0.15) is 17.8 Å². The van der Waals surface area contributed by atoms with E-state index in [9.17, 15) is 9.90 Å². The minimum absolute atomic E-state index is 0.127. The molecule has 0 amide bonds. The predicted molar refractivity (Wildman–Crippen MR) is 136 cm³/mol. The third kappa shape index (κ3) is 3.88. The van der Waals surface area contributed by atoms with Gasteiger partial charge in [0.15, 0.2) is 10.2 Å². The van der Waals surface area contributed by atoms with E-state index in [2.05, 4.69) is 9.55 Å². The Morgan fingerprint density at radius 3 is 2.32 bits per heavy atom. The summed E-state index contributed by atoms with van der Waals surface area (Å²) in [7, 11) is 1.81. The van der Waals surface area contributed by atoms with Crippen LogP contribution in [-0.4, -0.2) is 19.3 Å². The van der Waals surface area contributed by atoms with E-state index >= 15 is 0 Å². The van der Waals surface area contributed by atoms with Gasteiger partial charge in [0, 0.05) is 28.9 Å². The number of hydrogen-bond donors (Lipinski definition) is 1. The van der Waals surface area contributed by atoms with E-state index in [1.807, 2.05) is 26.2 Å². The molecule has 0 spiro atoms. The number of hydrogen-bond acceptors (Lipinski definition) is 4. The predicted octanol–water partition coefficient (Wildman–Crippen LogP) is 5.99. The molecule has 172 valence electrons. The maximum absolute atomic E-state index is 14.0.